The van der Waals surface area contributed by atoms with Gasteiger partial charge in [-0.2, -0.15) is 0 Å². The summed E-state index contributed by atoms with van der Waals surface area (Å²) in [7, 11) is 0. The number of amides is 1. The SMILES string of the molecule is Cc1cc(C(=O)Nc2ccc(C#CCO)c(F)c2)c(C)o1. The van der Waals surface area contributed by atoms with Crippen LogP contribution in [0.3, 0.4) is 0 Å². The highest BCUT2D eigenvalue weighted by Crippen LogP contribution is 2.18. The Bertz CT molecular complexity index is 738. The molecule has 0 radical (unpaired) electrons. The number of carbonyl (C=O) groups is 1. The van der Waals surface area contributed by atoms with Gasteiger partial charge in [-0.15, -0.1) is 0 Å². The summed E-state index contributed by atoms with van der Waals surface area (Å²) < 4.78 is 19.0. The van der Waals surface area contributed by atoms with Crippen LogP contribution in [0.2, 0.25) is 0 Å². The Morgan fingerprint density at radius 1 is 1.38 bits per heavy atom. The molecule has 2 aromatic rings. The van der Waals surface area contributed by atoms with Crippen LogP contribution in [0.4, 0.5) is 10.1 Å². The molecule has 0 aliphatic heterocycles. The van der Waals surface area contributed by atoms with Crippen LogP contribution < -0.4 is 5.32 Å². The highest BCUT2D eigenvalue weighted by atomic mass is 19.1. The average molecular weight is 287 g/mol. The Morgan fingerprint density at radius 3 is 2.71 bits per heavy atom. The predicted molar refractivity (Wildman–Crippen MR) is 76.5 cm³/mol. The predicted octanol–water partition coefficient (Wildman–Crippen LogP) is 2.63. The lowest BCUT2D eigenvalue weighted by Crippen LogP contribution is -2.12. The number of hydrogen-bond donors (Lipinski definition) is 2. The van der Waals surface area contributed by atoms with Gasteiger partial charge >= 0.3 is 0 Å². The van der Waals surface area contributed by atoms with Crippen LogP contribution in [0.25, 0.3) is 0 Å². The second-order valence-corrected chi connectivity index (χ2v) is 4.44. The van der Waals surface area contributed by atoms with Crippen molar-refractivity contribution in [1.82, 2.24) is 0 Å². The maximum Gasteiger partial charge on any atom is 0.259 e. The van der Waals surface area contributed by atoms with Gasteiger partial charge in [0.05, 0.1) is 11.1 Å². The third kappa shape index (κ3) is 3.50. The fraction of sp³-hybridized carbons (Fsp3) is 0.188. The molecule has 0 spiro atoms. The molecular weight excluding hydrogens is 273 g/mol. The number of hydrogen-bond acceptors (Lipinski definition) is 3. The molecule has 1 heterocycles. The second kappa shape index (κ2) is 6.25. The third-order valence-electron chi connectivity index (χ3n) is 2.81. The topological polar surface area (TPSA) is 62.5 Å². The summed E-state index contributed by atoms with van der Waals surface area (Å²) in [5.74, 6) is 5.08. The molecule has 5 heteroatoms. The summed E-state index contributed by atoms with van der Waals surface area (Å²) in [6.45, 7) is 3.10. The molecule has 0 aliphatic carbocycles. The minimum Gasteiger partial charge on any atom is -0.466 e. The van der Waals surface area contributed by atoms with E-state index in [9.17, 15) is 9.18 Å². The van der Waals surface area contributed by atoms with E-state index in [1.165, 1.54) is 12.1 Å². The van der Waals surface area contributed by atoms with Gasteiger partial charge in [0, 0.05) is 5.69 Å². The number of benzene rings is 1. The van der Waals surface area contributed by atoms with E-state index in [0.717, 1.165) is 0 Å². The van der Waals surface area contributed by atoms with E-state index < -0.39 is 5.82 Å². The van der Waals surface area contributed by atoms with Crippen LogP contribution in [0.1, 0.15) is 27.4 Å². The fourth-order valence-corrected chi connectivity index (χ4v) is 1.88. The maximum absolute atomic E-state index is 13.8. The summed E-state index contributed by atoms with van der Waals surface area (Å²) >= 11 is 0. The van der Waals surface area contributed by atoms with E-state index in [1.54, 1.807) is 26.0 Å². The van der Waals surface area contributed by atoms with Gasteiger partial charge < -0.3 is 14.8 Å². The van der Waals surface area contributed by atoms with Gasteiger partial charge in [-0.1, -0.05) is 11.8 Å². The van der Waals surface area contributed by atoms with Crippen molar-refractivity contribution in [2.75, 3.05) is 11.9 Å². The molecule has 0 bridgehead atoms. The first-order valence-electron chi connectivity index (χ1n) is 6.29. The number of rotatable bonds is 2. The molecule has 0 unspecified atom stereocenters. The van der Waals surface area contributed by atoms with E-state index in [0.29, 0.717) is 22.8 Å². The van der Waals surface area contributed by atoms with E-state index in [-0.39, 0.29) is 18.1 Å². The van der Waals surface area contributed by atoms with Crippen molar-refractivity contribution in [2.24, 2.45) is 0 Å². The molecule has 0 saturated heterocycles. The van der Waals surface area contributed by atoms with Gasteiger partial charge in [0.25, 0.3) is 5.91 Å². The Kier molecular flexibility index (Phi) is 4.41. The minimum absolute atomic E-state index is 0.164. The highest BCUT2D eigenvalue weighted by molar-refractivity contribution is 6.05. The monoisotopic (exact) mass is 287 g/mol. The lowest BCUT2D eigenvalue weighted by Gasteiger charge is -2.05. The van der Waals surface area contributed by atoms with Crippen LogP contribution in [-0.4, -0.2) is 17.6 Å². The lowest BCUT2D eigenvalue weighted by atomic mass is 10.2. The molecule has 21 heavy (non-hydrogen) atoms. The second-order valence-electron chi connectivity index (χ2n) is 4.44. The third-order valence-corrected chi connectivity index (χ3v) is 2.81. The molecule has 4 nitrogen and oxygen atoms in total. The van der Waals surface area contributed by atoms with Crippen LogP contribution in [-0.2, 0) is 0 Å². The largest absolute Gasteiger partial charge is 0.466 e. The maximum atomic E-state index is 13.8. The quantitative estimate of drug-likeness (QED) is 0.835. The summed E-state index contributed by atoms with van der Waals surface area (Å²) in [6.07, 6.45) is 0. The summed E-state index contributed by atoms with van der Waals surface area (Å²) in [5, 5.41) is 11.2. The first-order chi connectivity index (χ1) is 10.0. The molecule has 0 fully saturated rings. The lowest BCUT2D eigenvalue weighted by molar-refractivity contribution is 0.102. The van der Waals surface area contributed by atoms with Gasteiger partial charge in [0.15, 0.2) is 0 Å². The molecule has 108 valence electrons. The van der Waals surface area contributed by atoms with Crippen molar-refractivity contribution in [3.8, 4) is 11.8 Å². The number of aliphatic hydroxyl groups is 1. The van der Waals surface area contributed by atoms with Crippen LogP contribution in [0.15, 0.2) is 28.7 Å². The van der Waals surface area contributed by atoms with Crippen molar-refractivity contribution in [2.45, 2.75) is 13.8 Å². The molecule has 0 aliphatic rings. The van der Waals surface area contributed by atoms with Crippen molar-refractivity contribution < 1.29 is 18.7 Å². The fourth-order valence-electron chi connectivity index (χ4n) is 1.88. The van der Waals surface area contributed by atoms with Crippen LogP contribution >= 0.6 is 0 Å². The number of furan rings is 1. The number of halogens is 1. The number of aliphatic hydroxyl groups excluding tert-OH is 1. The Morgan fingerprint density at radius 2 is 2.14 bits per heavy atom. The first-order valence-corrected chi connectivity index (χ1v) is 6.29. The number of nitrogens with one attached hydrogen (secondary N) is 1. The summed E-state index contributed by atoms with van der Waals surface area (Å²) in [5.41, 5.74) is 0.903. The molecule has 1 aromatic heterocycles. The van der Waals surface area contributed by atoms with Gasteiger partial charge in [0.2, 0.25) is 0 Å². The normalized spacial score (nSPS) is 9.90. The number of anilines is 1. The molecule has 0 atom stereocenters. The highest BCUT2D eigenvalue weighted by Gasteiger charge is 2.14. The summed E-state index contributed by atoms with van der Waals surface area (Å²) in [4.78, 5) is 12.1. The average Bonchev–Trinajstić information content (AvgIpc) is 2.77. The minimum atomic E-state index is -0.561. The van der Waals surface area contributed by atoms with Crippen LogP contribution in [0.5, 0.6) is 0 Å². The first kappa shape index (κ1) is 14.8. The zero-order valence-electron chi connectivity index (χ0n) is 11.7. The van der Waals surface area contributed by atoms with E-state index in [2.05, 4.69) is 17.2 Å². The van der Waals surface area contributed by atoms with Gasteiger partial charge in [-0.3, -0.25) is 4.79 Å². The van der Waals surface area contributed by atoms with E-state index >= 15 is 0 Å². The van der Waals surface area contributed by atoms with Crippen molar-refractivity contribution >= 4 is 11.6 Å². The van der Waals surface area contributed by atoms with Crippen LogP contribution in [0, 0.1) is 31.5 Å². The molecule has 1 amide bonds. The number of aryl methyl sites for hydroxylation is 2. The van der Waals surface area contributed by atoms with Gasteiger partial charge in [0.1, 0.15) is 23.9 Å². The van der Waals surface area contributed by atoms with Gasteiger partial charge in [-0.05, 0) is 38.1 Å². The van der Waals surface area contributed by atoms with Crippen molar-refractivity contribution in [3.63, 3.8) is 0 Å². The van der Waals surface area contributed by atoms with E-state index in [1.807, 2.05) is 0 Å². The smallest absolute Gasteiger partial charge is 0.259 e. The van der Waals surface area contributed by atoms with Crippen molar-refractivity contribution in [1.29, 1.82) is 0 Å². The summed E-state index contributed by atoms with van der Waals surface area (Å²) in [6, 6.07) is 5.80. The molecule has 2 N–H and O–H groups in total. The standard InChI is InChI=1S/C16H14FNO3/c1-10-8-14(11(2)21-10)16(20)18-13-6-5-12(4-3-7-19)15(17)9-13/h5-6,8-9,19H,7H2,1-2H3,(H,18,20). The Balaban J connectivity index is 2.18. The zero-order valence-corrected chi connectivity index (χ0v) is 11.7. The Labute approximate surface area is 121 Å². The van der Waals surface area contributed by atoms with Crippen molar-refractivity contribution in [3.05, 3.63) is 52.7 Å². The zero-order chi connectivity index (χ0) is 15.4. The molecule has 2 rings (SSSR count). The molecule has 0 saturated carbocycles. The molecule has 1 aromatic carbocycles. The Hall–Kier alpha value is -2.58. The van der Waals surface area contributed by atoms with Gasteiger partial charge in [-0.25, -0.2) is 4.39 Å². The molecular formula is C16H14FNO3. The number of carbonyl (C=O) groups excluding carboxylic acids is 1. The van der Waals surface area contributed by atoms with E-state index in [4.69, 9.17) is 9.52 Å².